The largest absolute Gasteiger partial charge is 0.497 e. The molecule has 0 unspecified atom stereocenters. The Hall–Kier alpha value is -4.26. The van der Waals surface area contributed by atoms with Crippen molar-refractivity contribution >= 4 is 5.91 Å². The fourth-order valence-corrected chi connectivity index (χ4v) is 3.44. The van der Waals surface area contributed by atoms with Gasteiger partial charge in [-0.2, -0.15) is 0 Å². The lowest BCUT2D eigenvalue weighted by molar-refractivity contribution is 0.0950. The van der Waals surface area contributed by atoms with Gasteiger partial charge in [0.2, 0.25) is 0 Å². The van der Waals surface area contributed by atoms with E-state index in [9.17, 15) is 4.79 Å². The number of carbonyl (C=O) groups excluding carboxylic acids is 1. The molecule has 0 aliphatic heterocycles. The van der Waals surface area contributed by atoms with Crippen molar-refractivity contribution in [1.29, 1.82) is 0 Å². The summed E-state index contributed by atoms with van der Waals surface area (Å²) < 4.78 is 15.7. The fraction of sp³-hybridized carbons (Fsp3) is 0.154. The van der Waals surface area contributed by atoms with Gasteiger partial charge in [-0.3, -0.25) is 4.79 Å². The predicted octanol–water partition coefficient (Wildman–Crippen LogP) is 4.70. The van der Waals surface area contributed by atoms with Crippen molar-refractivity contribution in [2.45, 2.75) is 6.54 Å². The molecule has 4 rings (SSSR count). The highest BCUT2D eigenvalue weighted by Crippen LogP contribution is 2.25. The molecule has 0 saturated carbocycles. The zero-order chi connectivity index (χ0) is 23.2. The van der Waals surface area contributed by atoms with Gasteiger partial charge < -0.3 is 24.5 Å². The molecule has 0 bridgehead atoms. The molecule has 0 fully saturated rings. The van der Waals surface area contributed by atoms with Crippen molar-refractivity contribution in [2.24, 2.45) is 0 Å². The maximum Gasteiger partial charge on any atom is 0.251 e. The maximum atomic E-state index is 12.7. The van der Waals surface area contributed by atoms with Gasteiger partial charge in [0.15, 0.2) is 0 Å². The van der Waals surface area contributed by atoms with E-state index in [2.05, 4.69) is 15.3 Å². The van der Waals surface area contributed by atoms with Crippen molar-refractivity contribution in [3.05, 3.63) is 84.1 Å². The van der Waals surface area contributed by atoms with Crippen LogP contribution < -0.4 is 19.5 Å². The molecule has 0 spiro atoms. The Morgan fingerprint density at radius 3 is 2.21 bits per heavy atom. The second-order valence-electron chi connectivity index (χ2n) is 7.36. The third-order valence-corrected chi connectivity index (χ3v) is 5.24. The van der Waals surface area contributed by atoms with Crippen LogP contribution in [0.15, 0.2) is 72.9 Å². The molecule has 33 heavy (non-hydrogen) atoms. The number of rotatable bonds is 8. The van der Waals surface area contributed by atoms with Crippen LogP contribution >= 0.6 is 0 Å². The lowest BCUT2D eigenvalue weighted by Crippen LogP contribution is -2.22. The van der Waals surface area contributed by atoms with Gasteiger partial charge in [0.1, 0.15) is 23.1 Å². The smallest absolute Gasteiger partial charge is 0.251 e. The molecule has 168 valence electrons. The van der Waals surface area contributed by atoms with Crippen LogP contribution in [0.25, 0.3) is 22.6 Å². The average Bonchev–Trinajstić information content (AvgIpc) is 3.37. The number of H-pyrrole nitrogens is 1. The molecule has 0 aliphatic rings. The van der Waals surface area contributed by atoms with Gasteiger partial charge in [-0.15, -0.1) is 0 Å². The monoisotopic (exact) mass is 443 g/mol. The predicted molar refractivity (Wildman–Crippen MR) is 127 cm³/mol. The summed E-state index contributed by atoms with van der Waals surface area (Å²) in [6.45, 7) is 0.373. The van der Waals surface area contributed by atoms with Crippen LogP contribution in [0.2, 0.25) is 0 Å². The van der Waals surface area contributed by atoms with E-state index in [0.717, 1.165) is 34.0 Å². The van der Waals surface area contributed by atoms with Crippen molar-refractivity contribution in [1.82, 2.24) is 15.3 Å². The molecule has 1 amide bonds. The quantitative estimate of drug-likeness (QED) is 0.412. The minimum atomic E-state index is -0.211. The highest BCUT2D eigenvalue weighted by molar-refractivity contribution is 5.95. The first kappa shape index (κ1) is 22.0. The number of amides is 1. The highest BCUT2D eigenvalue weighted by Gasteiger charge is 2.11. The van der Waals surface area contributed by atoms with Gasteiger partial charge >= 0.3 is 0 Å². The van der Waals surface area contributed by atoms with Gasteiger partial charge in [-0.05, 0) is 53.6 Å². The van der Waals surface area contributed by atoms with Gasteiger partial charge in [0, 0.05) is 23.7 Å². The molecule has 0 atom stereocenters. The molecule has 1 aromatic heterocycles. The van der Waals surface area contributed by atoms with E-state index in [1.54, 1.807) is 39.5 Å². The number of nitrogens with one attached hydrogen (secondary N) is 2. The number of aromatic nitrogens is 2. The Bertz CT molecular complexity index is 1230. The van der Waals surface area contributed by atoms with Gasteiger partial charge in [0.05, 0.1) is 33.2 Å². The third-order valence-electron chi connectivity index (χ3n) is 5.24. The Morgan fingerprint density at radius 1 is 0.848 bits per heavy atom. The number of hydrogen-bond acceptors (Lipinski definition) is 5. The van der Waals surface area contributed by atoms with Crippen molar-refractivity contribution in [2.75, 3.05) is 21.3 Å². The SMILES string of the molecule is COc1ccc(-c2cnc(-c3cccc(CNC(=O)c4cc(OC)cc(OC)c4)c3)[nH]2)cc1. The lowest BCUT2D eigenvalue weighted by atomic mass is 10.1. The Morgan fingerprint density at radius 2 is 1.55 bits per heavy atom. The molecule has 0 aliphatic carbocycles. The topological polar surface area (TPSA) is 85.5 Å². The molecular formula is C26H25N3O4. The van der Waals surface area contributed by atoms with E-state index in [4.69, 9.17) is 14.2 Å². The zero-order valence-electron chi connectivity index (χ0n) is 18.7. The summed E-state index contributed by atoms with van der Waals surface area (Å²) in [7, 11) is 4.75. The molecule has 3 aromatic carbocycles. The zero-order valence-corrected chi connectivity index (χ0v) is 18.7. The maximum absolute atomic E-state index is 12.7. The summed E-state index contributed by atoms with van der Waals surface area (Å²) in [6.07, 6.45) is 1.81. The van der Waals surface area contributed by atoms with E-state index in [0.29, 0.717) is 23.6 Å². The summed E-state index contributed by atoms with van der Waals surface area (Å²) in [5.74, 6) is 2.48. The molecule has 0 radical (unpaired) electrons. The molecule has 7 heteroatoms. The van der Waals surface area contributed by atoms with Crippen LogP contribution in [0.4, 0.5) is 0 Å². The average molecular weight is 444 g/mol. The molecule has 1 heterocycles. The first-order valence-electron chi connectivity index (χ1n) is 10.4. The second kappa shape index (κ2) is 9.91. The van der Waals surface area contributed by atoms with Crippen LogP contribution in [0.1, 0.15) is 15.9 Å². The van der Waals surface area contributed by atoms with E-state index in [-0.39, 0.29) is 5.91 Å². The standard InChI is InChI=1S/C26H25N3O4/c1-31-21-9-7-18(8-10-21)24-16-27-25(29-24)19-6-4-5-17(11-19)15-28-26(30)20-12-22(32-2)14-23(13-20)33-3/h4-14,16H,15H2,1-3H3,(H,27,29)(H,28,30). The van der Waals surface area contributed by atoms with Crippen LogP contribution in [-0.2, 0) is 6.54 Å². The van der Waals surface area contributed by atoms with Crippen molar-refractivity contribution in [3.8, 4) is 39.9 Å². The van der Waals surface area contributed by atoms with Crippen LogP contribution in [0.3, 0.4) is 0 Å². The number of hydrogen-bond donors (Lipinski definition) is 2. The van der Waals surface area contributed by atoms with Crippen LogP contribution in [-0.4, -0.2) is 37.2 Å². The summed E-state index contributed by atoms with van der Waals surface area (Å²) in [5, 5.41) is 2.95. The molecule has 2 N–H and O–H groups in total. The minimum Gasteiger partial charge on any atom is -0.497 e. The normalized spacial score (nSPS) is 10.5. The summed E-state index contributed by atoms with van der Waals surface area (Å²) in [4.78, 5) is 20.6. The number of imidazole rings is 1. The van der Waals surface area contributed by atoms with Gasteiger partial charge in [0.25, 0.3) is 5.91 Å². The van der Waals surface area contributed by atoms with Gasteiger partial charge in [-0.1, -0.05) is 18.2 Å². The minimum absolute atomic E-state index is 0.211. The van der Waals surface area contributed by atoms with Crippen LogP contribution in [0, 0.1) is 0 Å². The fourth-order valence-electron chi connectivity index (χ4n) is 3.44. The van der Waals surface area contributed by atoms with E-state index < -0.39 is 0 Å². The number of ether oxygens (including phenoxy) is 3. The Balaban J connectivity index is 1.46. The molecule has 0 saturated heterocycles. The third kappa shape index (κ3) is 5.15. The molecule has 7 nitrogen and oxygen atoms in total. The number of nitrogens with zero attached hydrogens (tertiary/aromatic N) is 1. The number of carbonyl (C=O) groups is 1. The molecular weight excluding hydrogens is 418 g/mol. The Labute approximate surface area is 192 Å². The van der Waals surface area contributed by atoms with Crippen LogP contribution in [0.5, 0.6) is 17.2 Å². The summed E-state index contributed by atoms with van der Waals surface area (Å²) >= 11 is 0. The second-order valence-corrected chi connectivity index (χ2v) is 7.36. The van der Waals surface area contributed by atoms with E-state index >= 15 is 0 Å². The lowest BCUT2D eigenvalue weighted by Gasteiger charge is -2.10. The summed E-state index contributed by atoms with van der Waals surface area (Å²) in [6, 6.07) is 20.8. The highest BCUT2D eigenvalue weighted by atomic mass is 16.5. The first-order valence-corrected chi connectivity index (χ1v) is 10.4. The first-order chi connectivity index (χ1) is 16.1. The van der Waals surface area contributed by atoms with Crippen molar-refractivity contribution in [3.63, 3.8) is 0 Å². The number of benzene rings is 3. The van der Waals surface area contributed by atoms with Crippen molar-refractivity contribution < 1.29 is 19.0 Å². The Kier molecular flexibility index (Phi) is 6.59. The number of methoxy groups -OCH3 is 3. The van der Waals surface area contributed by atoms with E-state index in [1.807, 2.05) is 54.7 Å². The van der Waals surface area contributed by atoms with Gasteiger partial charge in [-0.25, -0.2) is 4.98 Å². The summed E-state index contributed by atoms with van der Waals surface area (Å²) in [5.41, 5.74) is 4.30. The molecule has 4 aromatic rings. The number of aromatic amines is 1. The van der Waals surface area contributed by atoms with E-state index in [1.165, 1.54) is 0 Å².